The van der Waals surface area contributed by atoms with Crippen molar-refractivity contribution in [3.8, 4) is 17.2 Å². The van der Waals surface area contributed by atoms with Crippen molar-refractivity contribution in [3.05, 3.63) is 24.0 Å². The van der Waals surface area contributed by atoms with Crippen LogP contribution < -0.4 is 10.5 Å². The summed E-state index contributed by atoms with van der Waals surface area (Å²) in [5, 5.41) is 4.04. The smallest absolute Gasteiger partial charge is 0.261 e. The topological polar surface area (TPSA) is 74.2 Å². The van der Waals surface area contributed by atoms with Crippen molar-refractivity contribution < 1.29 is 9.26 Å². The molecule has 1 fully saturated rings. The Morgan fingerprint density at radius 2 is 2.22 bits per heavy atom. The largest absolute Gasteiger partial charge is 0.496 e. The fourth-order valence-electron chi connectivity index (χ4n) is 2.06. The highest BCUT2D eigenvalue weighted by Gasteiger charge is 2.25. The Kier molecular flexibility index (Phi) is 2.66. The lowest BCUT2D eigenvalue weighted by Gasteiger charge is -2.20. The van der Waals surface area contributed by atoms with E-state index in [1.165, 1.54) is 6.42 Å². The molecule has 0 amide bonds. The molecule has 1 aliphatic carbocycles. The van der Waals surface area contributed by atoms with E-state index in [1.54, 1.807) is 19.2 Å². The van der Waals surface area contributed by atoms with Gasteiger partial charge in [0.05, 0.1) is 12.7 Å². The van der Waals surface area contributed by atoms with Crippen LogP contribution in [0.2, 0.25) is 0 Å². The van der Waals surface area contributed by atoms with Gasteiger partial charge in [0.2, 0.25) is 0 Å². The van der Waals surface area contributed by atoms with Gasteiger partial charge < -0.3 is 15.0 Å². The van der Waals surface area contributed by atoms with Gasteiger partial charge in [-0.15, -0.1) is 0 Å². The minimum atomic E-state index is 0.460. The molecule has 2 aromatic rings. The molecule has 0 unspecified atom stereocenters. The van der Waals surface area contributed by atoms with Crippen molar-refractivity contribution in [3.63, 3.8) is 0 Å². The minimum absolute atomic E-state index is 0.460. The number of anilines is 1. The van der Waals surface area contributed by atoms with Crippen LogP contribution in [0.5, 0.6) is 5.75 Å². The van der Waals surface area contributed by atoms with Crippen LogP contribution in [0, 0.1) is 0 Å². The first-order valence-electron chi connectivity index (χ1n) is 6.05. The first-order chi connectivity index (χ1) is 8.78. The van der Waals surface area contributed by atoms with Gasteiger partial charge in [0, 0.05) is 17.7 Å². The van der Waals surface area contributed by atoms with Gasteiger partial charge >= 0.3 is 0 Å². The zero-order chi connectivity index (χ0) is 12.5. The standard InChI is InChI=1S/C13H15N3O2/c1-17-11-7-9(14)5-6-10(11)13-15-12(16-18-13)8-3-2-4-8/h5-8H,2-4,14H2,1H3. The summed E-state index contributed by atoms with van der Waals surface area (Å²) >= 11 is 0. The summed E-state index contributed by atoms with van der Waals surface area (Å²) in [6, 6.07) is 5.39. The first kappa shape index (κ1) is 11.1. The fourth-order valence-corrected chi connectivity index (χ4v) is 2.06. The van der Waals surface area contributed by atoms with E-state index in [4.69, 9.17) is 15.0 Å². The lowest BCUT2D eigenvalue weighted by molar-refractivity contribution is 0.365. The third kappa shape index (κ3) is 1.81. The number of hydrogen-bond donors (Lipinski definition) is 1. The number of benzene rings is 1. The van der Waals surface area contributed by atoms with Crippen molar-refractivity contribution in [2.24, 2.45) is 0 Å². The summed E-state index contributed by atoms with van der Waals surface area (Å²) in [7, 11) is 1.60. The van der Waals surface area contributed by atoms with Crippen molar-refractivity contribution in [2.45, 2.75) is 25.2 Å². The summed E-state index contributed by atoms with van der Waals surface area (Å²) in [6.45, 7) is 0. The van der Waals surface area contributed by atoms with Crippen molar-refractivity contribution in [1.82, 2.24) is 10.1 Å². The number of nitrogens with zero attached hydrogens (tertiary/aromatic N) is 2. The van der Waals surface area contributed by atoms with Crippen LogP contribution in [0.3, 0.4) is 0 Å². The highest BCUT2D eigenvalue weighted by atomic mass is 16.5. The second kappa shape index (κ2) is 4.33. The molecular formula is C13H15N3O2. The van der Waals surface area contributed by atoms with Crippen LogP contribution in [0.15, 0.2) is 22.7 Å². The third-order valence-corrected chi connectivity index (χ3v) is 3.37. The average molecular weight is 245 g/mol. The van der Waals surface area contributed by atoms with Crippen LogP contribution in [-0.4, -0.2) is 17.3 Å². The molecule has 94 valence electrons. The van der Waals surface area contributed by atoms with E-state index < -0.39 is 0 Å². The number of ether oxygens (including phenoxy) is 1. The molecule has 0 saturated heterocycles. The third-order valence-electron chi connectivity index (χ3n) is 3.37. The van der Waals surface area contributed by atoms with Crippen LogP contribution >= 0.6 is 0 Å². The molecular weight excluding hydrogens is 230 g/mol. The Morgan fingerprint density at radius 3 is 2.89 bits per heavy atom. The Bertz CT molecular complexity index is 561. The second-order valence-corrected chi connectivity index (χ2v) is 4.55. The number of rotatable bonds is 3. The fraction of sp³-hybridized carbons (Fsp3) is 0.385. The molecule has 0 atom stereocenters. The Balaban J connectivity index is 1.96. The maximum atomic E-state index is 5.72. The zero-order valence-corrected chi connectivity index (χ0v) is 10.2. The van der Waals surface area contributed by atoms with Gasteiger partial charge in [-0.1, -0.05) is 11.6 Å². The van der Waals surface area contributed by atoms with Crippen molar-refractivity contribution in [1.29, 1.82) is 0 Å². The zero-order valence-electron chi connectivity index (χ0n) is 10.2. The van der Waals surface area contributed by atoms with E-state index in [9.17, 15) is 0 Å². The molecule has 1 heterocycles. The van der Waals surface area contributed by atoms with Crippen LogP contribution in [0.1, 0.15) is 31.0 Å². The number of nitrogens with two attached hydrogens (primary N) is 1. The summed E-state index contributed by atoms with van der Waals surface area (Å²) in [4.78, 5) is 4.44. The lowest BCUT2D eigenvalue weighted by Crippen LogP contribution is -2.10. The van der Waals surface area contributed by atoms with Gasteiger partial charge in [-0.2, -0.15) is 4.98 Å². The normalized spacial score (nSPS) is 15.4. The van der Waals surface area contributed by atoms with Crippen LogP contribution in [0.25, 0.3) is 11.5 Å². The van der Waals surface area contributed by atoms with E-state index in [-0.39, 0.29) is 0 Å². The predicted molar refractivity (Wildman–Crippen MR) is 67.3 cm³/mol. The highest BCUT2D eigenvalue weighted by molar-refractivity contribution is 5.66. The Labute approximate surface area is 105 Å². The van der Waals surface area contributed by atoms with Gasteiger partial charge in [0.1, 0.15) is 5.75 Å². The Morgan fingerprint density at radius 1 is 1.39 bits per heavy atom. The molecule has 2 N–H and O–H groups in total. The summed E-state index contributed by atoms with van der Waals surface area (Å²) in [6.07, 6.45) is 3.55. The average Bonchev–Trinajstić information content (AvgIpc) is 2.75. The van der Waals surface area contributed by atoms with Crippen LogP contribution in [-0.2, 0) is 0 Å². The maximum Gasteiger partial charge on any atom is 0.261 e. The van der Waals surface area contributed by atoms with Crippen molar-refractivity contribution >= 4 is 5.69 Å². The van der Waals surface area contributed by atoms with Gasteiger partial charge in [-0.05, 0) is 25.0 Å². The molecule has 1 aromatic heterocycles. The highest BCUT2D eigenvalue weighted by Crippen LogP contribution is 2.37. The summed E-state index contributed by atoms with van der Waals surface area (Å²) < 4.78 is 10.6. The van der Waals surface area contributed by atoms with E-state index in [2.05, 4.69) is 10.1 Å². The Hall–Kier alpha value is -2.04. The second-order valence-electron chi connectivity index (χ2n) is 4.55. The van der Waals surface area contributed by atoms with Gasteiger partial charge in [-0.3, -0.25) is 0 Å². The van der Waals surface area contributed by atoms with E-state index in [0.29, 0.717) is 23.2 Å². The summed E-state index contributed by atoms with van der Waals surface area (Å²) in [5.74, 6) is 2.41. The SMILES string of the molecule is COc1cc(N)ccc1-c1nc(C2CCC2)no1. The molecule has 0 bridgehead atoms. The van der Waals surface area contributed by atoms with E-state index in [1.807, 2.05) is 6.07 Å². The molecule has 0 spiro atoms. The lowest BCUT2D eigenvalue weighted by atomic mass is 9.85. The number of hydrogen-bond acceptors (Lipinski definition) is 5. The molecule has 5 nitrogen and oxygen atoms in total. The molecule has 3 rings (SSSR count). The quantitative estimate of drug-likeness (QED) is 0.841. The monoisotopic (exact) mass is 245 g/mol. The molecule has 5 heteroatoms. The molecule has 1 aromatic carbocycles. The minimum Gasteiger partial charge on any atom is -0.496 e. The van der Waals surface area contributed by atoms with Gasteiger partial charge in [0.15, 0.2) is 5.82 Å². The molecule has 1 saturated carbocycles. The first-order valence-corrected chi connectivity index (χ1v) is 6.05. The van der Waals surface area contributed by atoms with E-state index in [0.717, 1.165) is 24.2 Å². The van der Waals surface area contributed by atoms with Crippen molar-refractivity contribution in [2.75, 3.05) is 12.8 Å². The molecule has 0 aliphatic heterocycles. The molecule has 1 aliphatic rings. The molecule has 0 radical (unpaired) electrons. The number of nitrogen functional groups attached to an aromatic ring is 1. The van der Waals surface area contributed by atoms with Crippen LogP contribution in [0.4, 0.5) is 5.69 Å². The summed E-state index contributed by atoms with van der Waals surface area (Å²) in [5.41, 5.74) is 7.15. The number of methoxy groups -OCH3 is 1. The van der Waals surface area contributed by atoms with Gasteiger partial charge in [0.25, 0.3) is 5.89 Å². The molecule has 18 heavy (non-hydrogen) atoms. The van der Waals surface area contributed by atoms with Gasteiger partial charge in [-0.25, -0.2) is 0 Å². The number of aromatic nitrogens is 2. The van der Waals surface area contributed by atoms with E-state index >= 15 is 0 Å². The predicted octanol–water partition coefficient (Wildman–Crippen LogP) is 2.59. The maximum absolute atomic E-state index is 5.72.